The van der Waals surface area contributed by atoms with E-state index in [0.29, 0.717) is 33.9 Å². The largest absolute Gasteiger partial charge is 0.493 e. The first-order chi connectivity index (χ1) is 18.8. The van der Waals surface area contributed by atoms with Crippen molar-refractivity contribution in [3.8, 4) is 34.3 Å². The summed E-state index contributed by atoms with van der Waals surface area (Å²) in [7, 11) is 4.46. The molecular formula is C29H23NO9. The lowest BCUT2D eigenvalue weighted by molar-refractivity contribution is -0.134. The fourth-order valence-corrected chi connectivity index (χ4v) is 4.39. The summed E-state index contributed by atoms with van der Waals surface area (Å²) >= 11 is 0. The number of carbonyl (C=O) groups excluding carboxylic acids is 3. The summed E-state index contributed by atoms with van der Waals surface area (Å²) in [5.74, 6) is 0.0474. The number of hydrogen-bond donors (Lipinski definition) is 0. The van der Waals surface area contributed by atoms with E-state index in [2.05, 4.69) is 0 Å². The Labute approximate surface area is 222 Å². The molecule has 0 radical (unpaired) electrons. The van der Waals surface area contributed by atoms with Crippen molar-refractivity contribution >= 4 is 28.8 Å². The molecule has 0 unspecified atom stereocenters. The Morgan fingerprint density at radius 2 is 1.46 bits per heavy atom. The van der Waals surface area contributed by atoms with Gasteiger partial charge in [0, 0.05) is 18.2 Å². The molecule has 2 heterocycles. The van der Waals surface area contributed by atoms with Gasteiger partial charge in [-0.1, -0.05) is 12.1 Å². The van der Waals surface area contributed by atoms with Crippen LogP contribution in [0.2, 0.25) is 0 Å². The molecule has 0 saturated carbocycles. The number of nitrogens with zero attached hydrogens (tertiary/aromatic N) is 1. The van der Waals surface area contributed by atoms with Crippen LogP contribution in [-0.2, 0) is 4.79 Å². The van der Waals surface area contributed by atoms with E-state index in [0.717, 1.165) is 4.90 Å². The minimum absolute atomic E-state index is 0.126. The van der Waals surface area contributed by atoms with Gasteiger partial charge in [-0.2, -0.15) is 0 Å². The lowest BCUT2D eigenvalue weighted by atomic mass is 10.1. The minimum atomic E-state index is -0.663. The Morgan fingerprint density at radius 3 is 2.05 bits per heavy atom. The molecule has 0 fully saturated rings. The summed E-state index contributed by atoms with van der Waals surface area (Å²) in [6, 6.07) is 15.5. The molecule has 1 aliphatic heterocycles. The van der Waals surface area contributed by atoms with Gasteiger partial charge in [-0.05, 0) is 42.5 Å². The van der Waals surface area contributed by atoms with E-state index in [1.807, 2.05) is 0 Å². The van der Waals surface area contributed by atoms with Crippen molar-refractivity contribution in [2.45, 2.75) is 6.42 Å². The predicted octanol–water partition coefficient (Wildman–Crippen LogP) is 4.08. The quantitative estimate of drug-likeness (QED) is 0.189. The smallest absolute Gasteiger partial charge is 0.312 e. The summed E-state index contributed by atoms with van der Waals surface area (Å²) in [5.41, 5.74) is 1.07. The third kappa shape index (κ3) is 4.68. The van der Waals surface area contributed by atoms with Gasteiger partial charge in [0.05, 0.1) is 44.3 Å². The fourth-order valence-electron chi connectivity index (χ4n) is 4.39. The van der Waals surface area contributed by atoms with Crippen LogP contribution >= 0.6 is 0 Å². The predicted molar refractivity (Wildman–Crippen MR) is 140 cm³/mol. The van der Waals surface area contributed by atoms with Crippen LogP contribution in [0.3, 0.4) is 0 Å². The molecule has 0 bridgehead atoms. The van der Waals surface area contributed by atoms with E-state index in [-0.39, 0.29) is 40.9 Å². The standard InChI is InChI=1S/C29H23NO9/c1-35-24-12-16(13-25(36-2)27(24)37-3)23-15-21(31)20-14-17(8-9-22(20)39-23)38-26(32)10-11-30-28(33)18-6-4-5-7-19(18)29(30)34/h4-9,12-15H,10-11H2,1-3H3. The molecule has 10 nitrogen and oxygen atoms in total. The van der Waals surface area contributed by atoms with Gasteiger partial charge in [0.1, 0.15) is 17.1 Å². The lowest BCUT2D eigenvalue weighted by Crippen LogP contribution is -2.32. The van der Waals surface area contributed by atoms with Crippen molar-refractivity contribution in [2.24, 2.45) is 0 Å². The first kappa shape index (κ1) is 25.5. The molecule has 3 aromatic carbocycles. The topological polar surface area (TPSA) is 122 Å². The summed E-state index contributed by atoms with van der Waals surface area (Å²) in [6.45, 7) is -0.126. The number of ether oxygens (including phenoxy) is 4. The summed E-state index contributed by atoms with van der Waals surface area (Å²) in [4.78, 5) is 51.4. The first-order valence-corrected chi connectivity index (χ1v) is 11.9. The number of methoxy groups -OCH3 is 3. The van der Waals surface area contributed by atoms with Crippen molar-refractivity contribution in [1.82, 2.24) is 4.90 Å². The lowest BCUT2D eigenvalue weighted by Gasteiger charge is -2.14. The summed E-state index contributed by atoms with van der Waals surface area (Å²) in [6.07, 6.45) is -0.210. The molecule has 1 aromatic heterocycles. The zero-order valence-electron chi connectivity index (χ0n) is 21.3. The Kier molecular flexibility index (Phi) is 6.76. The SMILES string of the molecule is COc1cc(-c2cc(=O)c3cc(OC(=O)CCN4C(=O)c5ccccc5C4=O)ccc3o2)cc(OC)c1OC. The van der Waals surface area contributed by atoms with Crippen LogP contribution in [0.25, 0.3) is 22.3 Å². The van der Waals surface area contributed by atoms with Crippen LogP contribution in [0.1, 0.15) is 27.1 Å². The number of hydrogen-bond acceptors (Lipinski definition) is 9. The van der Waals surface area contributed by atoms with Gasteiger partial charge in [0.2, 0.25) is 5.75 Å². The van der Waals surface area contributed by atoms with Crippen molar-refractivity contribution in [3.63, 3.8) is 0 Å². The molecule has 0 atom stereocenters. The number of fused-ring (bicyclic) bond motifs is 2. The normalized spacial score (nSPS) is 12.4. The molecule has 198 valence electrons. The monoisotopic (exact) mass is 529 g/mol. The van der Waals surface area contributed by atoms with Crippen molar-refractivity contribution < 1.29 is 37.7 Å². The maximum atomic E-state index is 13.0. The Bertz CT molecular complexity index is 1630. The van der Waals surface area contributed by atoms with E-state index < -0.39 is 17.8 Å². The molecule has 39 heavy (non-hydrogen) atoms. The number of amides is 2. The van der Waals surface area contributed by atoms with Crippen molar-refractivity contribution in [1.29, 1.82) is 0 Å². The summed E-state index contributed by atoms with van der Waals surface area (Å²) < 4.78 is 27.4. The average Bonchev–Trinajstić information content (AvgIpc) is 3.20. The number of carbonyl (C=O) groups is 3. The van der Waals surface area contributed by atoms with E-state index in [1.54, 1.807) is 36.4 Å². The highest BCUT2D eigenvalue weighted by molar-refractivity contribution is 6.21. The maximum absolute atomic E-state index is 13.0. The van der Waals surface area contributed by atoms with Gasteiger partial charge in [0.25, 0.3) is 11.8 Å². The third-order valence-corrected chi connectivity index (χ3v) is 6.30. The Morgan fingerprint density at radius 1 is 0.821 bits per heavy atom. The van der Waals surface area contributed by atoms with E-state index in [9.17, 15) is 19.2 Å². The number of imide groups is 1. The van der Waals surface area contributed by atoms with Crippen LogP contribution in [0.15, 0.2) is 69.9 Å². The second-order valence-corrected chi connectivity index (χ2v) is 8.58. The summed E-state index contributed by atoms with van der Waals surface area (Å²) in [5, 5.41) is 0.205. The second kappa shape index (κ2) is 10.3. The van der Waals surface area contributed by atoms with Crippen molar-refractivity contribution in [2.75, 3.05) is 27.9 Å². The van der Waals surface area contributed by atoms with E-state index in [1.165, 1.54) is 45.6 Å². The van der Waals surface area contributed by atoms with Gasteiger partial charge < -0.3 is 23.4 Å². The molecule has 0 saturated heterocycles. The van der Waals surface area contributed by atoms with Crippen LogP contribution in [0, 0.1) is 0 Å². The van der Waals surface area contributed by atoms with Gasteiger partial charge in [-0.25, -0.2) is 0 Å². The highest BCUT2D eigenvalue weighted by Gasteiger charge is 2.35. The zero-order valence-corrected chi connectivity index (χ0v) is 21.3. The maximum Gasteiger partial charge on any atom is 0.312 e. The molecule has 4 aromatic rings. The van der Waals surface area contributed by atoms with E-state index >= 15 is 0 Å². The highest BCUT2D eigenvalue weighted by atomic mass is 16.5. The molecule has 0 N–H and O–H groups in total. The molecule has 0 aliphatic carbocycles. The van der Waals surface area contributed by atoms with Gasteiger partial charge in [0.15, 0.2) is 16.9 Å². The molecule has 0 spiro atoms. The van der Waals surface area contributed by atoms with Crippen LogP contribution in [-0.4, -0.2) is 50.6 Å². The number of rotatable bonds is 8. The van der Waals surface area contributed by atoms with Crippen LogP contribution < -0.4 is 24.4 Å². The minimum Gasteiger partial charge on any atom is -0.493 e. The molecular weight excluding hydrogens is 506 g/mol. The Balaban J connectivity index is 1.33. The molecule has 2 amide bonds. The number of benzene rings is 3. The average molecular weight is 530 g/mol. The highest BCUT2D eigenvalue weighted by Crippen LogP contribution is 2.41. The second-order valence-electron chi connectivity index (χ2n) is 8.58. The zero-order chi connectivity index (χ0) is 27.7. The fraction of sp³-hybridized carbons (Fsp3) is 0.172. The van der Waals surface area contributed by atoms with Crippen LogP contribution in [0.5, 0.6) is 23.0 Å². The number of esters is 1. The van der Waals surface area contributed by atoms with Gasteiger partial charge in [-0.3, -0.25) is 24.1 Å². The van der Waals surface area contributed by atoms with Crippen LogP contribution in [0.4, 0.5) is 0 Å². The first-order valence-electron chi connectivity index (χ1n) is 11.9. The van der Waals surface area contributed by atoms with Gasteiger partial charge >= 0.3 is 5.97 Å². The molecule has 5 rings (SSSR count). The Hall–Kier alpha value is -5.12. The molecule has 1 aliphatic rings. The third-order valence-electron chi connectivity index (χ3n) is 6.30. The van der Waals surface area contributed by atoms with Gasteiger partial charge in [-0.15, -0.1) is 0 Å². The van der Waals surface area contributed by atoms with E-state index in [4.69, 9.17) is 23.4 Å². The molecule has 10 heteroatoms. The van der Waals surface area contributed by atoms with Crippen molar-refractivity contribution in [3.05, 3.63) is 82.0 Å².